The molecule has 5 nitrogen and oxygen atoms in total. The Balaban J connectivity index is 2.13. The fraction of sp³-hybridized carbons (Fsp3) is 0.478. The summed E-state index contributed by atoms with van der Waals surface area (Å²) >= 11 is 0. The van der Waals surface area contributed by atoms with E-state index in [1.54, 1.807) is 12.1 Å². The minimum Gasteiger partial charge on any atom is -0.370 e. The van der Waals surface area contributed by atoms with Gasteiger partial charge in [0.15, 0.2) is 0 Å². The number of benzene rings is 2. The van der Waals surface area contributed by atoms with Crippen molar-refractivity contribution in [3.05, 3.63) is 48.0 Å². The van der Waals surface area contributed by atoms with Gasteiger partial charge in [-0.3, -0.25) is 0 Å². The molecule has 0 aromatic heterocycles. The van der Waals surface area contributed by atoms with Crippen molar-refractivity contribution in [3.63, 3.8) is 0 Å². The van der Waals surface area contributed by atoms with Crippen LogP contribution in [0.25, 0.3) is 0 Å². The summed E-state index contributed by atoms with van der Waals surface area (Å²) in [5, 5.41) is 3.37. The van der Waals surface area contributed by atoms with Crippen LogP contribution in [0.4, 0.5) is 20.2 Å². The third-order valence-corrected chi connectivity index (χ3v) is 7.19. The van der Waals surface area contributed by atoms with Gasteiger partial charge in [-0.2, -0.15) is 0 Å². The van der Waals surface area contributed by atoms with Crippen molar-refractivity contribution in [2.75, 3.05) is 49.1 Å². The zero-order chi connectivity index (χ0) is 22.4. The van der Waals surface area contributed by atoms with Crippen molar-refractivity contribution in [2.45, 2.75) is 42.9 Å². The second kappa shape index (κ2) is 10.4. The monoisotopic (exact) mass is 451 g/mol. The first kappa shape index (κ1) is 23.5. The van der Waals surface area contributed by atoms with Gasteiger partial charge in [-0.15, -0.1) is 0 Å². The predicted molar refractivity (Wildman–Crippen MR) is 121 cm³/mol. The molecule has 1 heterocycles. The van der Waals surface area contributed by atoms with Gasteiger partial charge in [0.25, 0.3) is 0 Å². The largest absolute Gasteiger partial charge is 0.370 e. The van der Waals surface area contributed by atoms with Crippen LogP contribution >= 0.6 is 0 Å². The lowest BCUT2D eigenvalue weighted by Gasteiger charge is -2.29. The normalized spacial score (nSPS) is 15.0. The van der Waals surface area contributed by atoms with Crippen LogP contribution in [0.3, 0.4) is 0 Å². The highest BCUT2D eigenvalue weighted by molar-refractivity contribution is 7.91. The van der Waals surface area contributed by atoms with Crippen LogP contribution in [-0.4, -0.2) is 47.7 Å². The molecule has 170 valence electrons. The van der Waals surface area contributed by atoms with Crippen LogP contribution in [-0.2, 0) is 9.84 Å². The number of rotatable bonds is 8. The third kappa shape index (κ3) is 5.54. The summed E-state index contributed by atoms with van der Waals surface area (Å²) in [5.41, 5.74) is 1.54. The summed E-state index contributed by atoms with van der Waals surface area (Å²) in [5.74, 6) is -1.82. The molecule has 1 aliphatic rings. The van der Waals surface area contributed by atoms with E-state index in [1.165, 1.54) is 0 Å². The summed E-state index contributed by atoms with van der Waals surface area (Å²) in [4.78, 5) is 4.02. The predicted octanol–water partition coefficient (Wildman–Crippen LogP) is 4.22. The van der Waals surface area contributed by atoms with E-state index in [0.717, 1.165) is 63.3 Å². The van der Waals surface area contributed by atoms with Crippen molar-refractivity contribution in [2.24, 2.45) is 0 Å². The standard InChI is InChI=1S/C23H31F2N3O2S/c1-3-10-28(11-4-2)22-17-20(27-12-5-8-26-9-13-27)6-7-23(22)31(29,30)21-15-18(24)14-19(25)16-21/h6-7,14-17,26H,3-5,8-13H2,1-2H3. The number of nitrogens with one attached hydrogen (secondary N) is 1. The second-order valence-corrected chi connectivity index (χ2v) is 9.76. The number of nitrogens with zero attached hydrogens (tertiary/aromatic N) is 2. The molecule has 0 spiro atoms. The highest BCUT2D eigenvalue weighted by Crippen LogP contribution is 2.35. The lowest BCUT2D eigenvalue weighted by atomic mass is 10.2. The zero-order valence-electron chi connectivity index (χ0n) is 18.2. The fourth-order valence-corrected chi connectivity index (χ4v) is 5.48. The quantitative estimate of drug-likeness (QED) is 0.651. The molecule has 1 aliphatic heterocycles. The molecule has 0 atom stereocenters. The lowest BCUT2D eigenvalue weighted by Crippen LogP contribution is -2.30. The molecule has 2 aromatic carbocycles. The average Bonchev–Trinajstić information content (AvgIpc) is 3.02. The highest BCUT2D eigenvalue weighted by atomic mass is 32.2. The number of sulfone groups is 1. The first-order valence-electron chi connectivity index (χ1n) is 10.9. The van der Waals surface area contributed by atoms with Crippen molar-refractivity contribution in [3.8, 4) is 0 Å². The third-order valence-electron chi connectivity index (χ3n) is 5.41. The van der Waals surface area contributed by atoms with Gasteiger partial charge in [0, 0.05) is 44.5 Å². The van der Waals surface area contributed by atoms with Gasteiger partial charge < -0.3 is 15.1 Å². The molecule has 0 aliphatic carbocycles. The van der Waals surface area contributed by atoms with Gasteiger partial charge >= 0.3 is 0 Å². The first-order valence-corrected chi connectivity index (χ1v) is 12.4. The molecule has 0 unspecified atom stereocenters. The van der Waals surface area contributed by atoms with Gasteiger partial charge in [0.2, 0.25) is 9.84 Å². The second-order valence-electron chi connectivity index (χ2n) is 7.84. The molecule has 0 radical (unpaired) electrons. The SMILES string of the molecule is CCCN(CCC)c1cc(N2CCCNCC2)ccc1S(=O)(=O)c1cc(F)cc(F)c1. The Morgan fingerprint density at radius 1 is 0.968 bits per heavy atom. The Kier molecular flexibility index (Phi) is 7.89. The van der Waals surface area contributed by atoms with Gasteiger partial charge in [0.05, 0.1) is 15.5 Å². The van der Waals surface area contributed by atoms with Crippen LogP contribution in [0.2, 0.25) is 0 Å². The maximum atomic E-state index is 13.8. The molecular weight excluding hydrogens is 420 g/mol. The van der Waals surface area contributed by atoms with E-state index in [1.807, 2.05) is 19.9 Å². The van der Waals surface area contributed by atoms with Crippen molar-refractivity contribution in [1.29, 1.82) is 0 Å². The summed E-state index contributed by atoms with van der Waals surface area (Å²) in [6, 6.07) is 7.73. The molecule has 31 heavy (non-hydrogen) atoms. The molecule has 0 saturated carbocycles. The Morgan fingerprint density at radius 3 is 2.29 bits per heavy atom. The maximum Gasteiger partial charge on any atom is 0.208 e. The van der Waals surface area contributed by atoms with Gasteiger partial charge in [-0.05, 0) is 56.1 Å². The average molecular weight is 452 g/mol. The van der Waals surface area contributed by atoms with Gasteiger partial charge in [-0.25, -0.2) is 17.2 Å². The number of anilines is 2. The summed E-state index contributed by atoms with van der Waals surface area (Å²) in [6.07, 6.45) is 2.71. The van der Waals surface area contributed by atoms with E-state index >= 15 is 0 Å². The van der Waals surface area contributed by atoms with Crippen LogP contribution in [0.1, 0.15) is 33.1 Å². The van der Waals surface area contributed by atoms with E-state index in [-0.39, 0.29) is 9.79 Å². The van der Waals surface area contributed by atoms with Crippen LogP contribution in [0.5, 0.6) is 0 Å². The zero-order valence-corrected chi connectivity index (χ0v) is 19.0. The molecule has 0 bridgehead atoms. The molecular formula is C23H31F2N3O2S. The Morgan fingerprint density at radius 2 is 1.65 bits per heavy atom. The maximum absolute atomic E-state index is 13.8. The van der Waals surface area contributed by atoms with Crippen LogP contribution in [0, 0.1) is 11.6 Å². The summed E-state index contributed by atoms with van der Waals surface area (Å²) < 4.78 is 54.4. The Hall–Kier alpha value is -2.19. The minimum absolute atomic E-state index is 0.0797. The van der Waals surface area contributed by atoms with E-state index in [9.17, 15) is 17.2 Å². The molecule has 3 rings (SSSR count). The summed E-state index contributed by atoms with van der Waals surface area (Å²) in [7, 11) is -4.10. The number of hydrogen-bond acceptors (Lipinski definition) is 5. The summed E-state index contributed by atoms with van der Waals surface area (Å²) in [6.45, 7) is 9.02. The molecule has 0 amide bonds. The molecule has 1 saturated heterocycles. The van der Waals surface area contributed by atoms with Crippen LogP contribution in [0.15, 0.2) is 46.2 Å². The van der Waals surface area contributed by atoms with Crippen LogP contribution < -0.4 is 15.1 Å². The molecule has 2 aromatic rings. The molecule has 8 heteroatoms. The van der Waals surface area contributed by atoms with Crippen molar-refractivity contribution in [1.82, 2.24) is 5.32 Å². The topological polar surface area (TPSA) is 52.6 Å². The van der Waals surface area contributed by atoms with Gasteiger partial charge in [-0.1, -0.05) is 13.8 Å². The van der Waals surface area contributed by atoms with E-state index in [4.69, 9.17) is 0 Å². The Bertz CT molecular complexity index is 964. The molecule has 1 fully saturated rings. The number of halogens is 2. The van der Waals surface area contributed by atoms with E-state index in [0.29, 0.717) is 24.8 Å². The first-order chi connectivity index (χ1) is 14.9. The Labute approximate surface area is 184 Å². The smallest absolute Gasteiger partial charge is 0.208 e. The minimum atomic E-state index is -4.10. The van der Waals surface area contributed by atoms with E-state index < -0.39 is 21.5 Å². The van der Waals surface area contributed by atoms with Crippen molar-refractivity contribution < 1.29 is 17.2 Å². The van der Waals surface area contributed by atoms with Gasteiger partial charge in [0.1, 0.15) is 11.6 Å². The number of hydrogen-bond donors (Lipinski definition) is 1. The molecule has 1 N–H and O–H groups in total. The van der Waals surface area contributed by atoms with E-state index in [2.05, 4.69) is 15.1 Å². The highest BCUT2D eigenvalue weighted by Gasteiger charge is 2.26. The fourth-order valence-electron chi connectivity index (χ4n) is 3.98. The lowest BCUT2D eigenvalue weighted by molar-refractivity contribution is 0.567. The van der Waals surface area contributed by atoms with Crippen molar-refractivity contribution >= 4 is 21.2 Å².